The first-order valence-electron chi connectivity index (χ1n) is 5.20. The van der Waals surface area contributed by atoms with E-state index in [9.17, 15) is 4.79 Å². The molecule has 0 amide bonds. The minimum Gasteiger partial charge on any atom is -0.463 e. The molecule has 1 unspecified atom stereocenters. The molecule has 0 saturated carbocycles. The van der Waals surface area contributed by atoms with Gasteiger partial charge in [0.25, 0.3) is 0 Å². The molecule has 0 bridgehead atoms. The summed E-state index contributed by atoms with van der Waals surface area (Å²) < 4.78 is 15.0. The first-order valence-corrected chi connectivity index (χ1v) is 5.20. The summed E-state index contributed by atoms with van der Waals surface area (Å²) in [6, 6.07) is 0. The van der Waals surface area contributed by atoms with Gasteiger partial charge in [0.1, 0.15) is 5.69 Å². The predicted octanol–water partition coefficient (Wildman–Crippen LogP) is 2.12. The smallest absolute Gasteiger partial charge is 0.376 e. The van der Waals surface area contributed by atoms with Crippen molar-refractivity contribution in [2.45, 2.75) is 32.8 Å². The topological polar surface area (TPSA) is 61.6 Å². The van der Waals surface area contributed by atoms with Crippen molar-refractivity contribution < 1.29 is 18.7 Å². The van der Waals surface area contributed by atoms with E-state index in [4.69, 9.17) is 9.15 Å². The molecule has 0 radical (unpaired) electrons. The van der Waals surface area contributed by atoms with Crippen LogP contribution in [0.3, 0.4) is 0 Å². The Balaban J connectivity index is 3.04. The van der Waals surface area contributed by atoms with Gasteiger partial charge in [-0.25, -0.2) is 9.78 Å². The molecular weight excluding hydrogens is 210 g/mol. The van der Waals surface area contributed by atoms with E-state index in [1.54, 1.807) is 7.11 Å². The lowest BCUT2D eigenvalue weighted by Gasteiger charge is -2.00. The third-order valence-corrected chi connectivity index (χ3v) is 2.40. The van der Waals surface area contributed by atoms with E-state index in [0.717, 1.165) is 6.42 Å². The summed E-state index contributed by atoms with van der Waals surface area (Å²) in [5, 5.41) is 0. The maximum absolute atomic E-state index is 11.4. The summed E-state index contributed by atoms with van der Waals surface area (Å²) in [6.45, 7) is 4.26. The fraction of sp³-hybridized carbons (Fsp3) is 0.636. The third kappa shape index (κ3) is 2.61. The van der Waals surface area contributed by atoms with Crippen LogP contribution in [0, 0.1) is 0 Å². The van der Waals surface area contributed by atoms with Crippen molar-refractivity contribution in [2.75, 3.05) is 14.2 Å². The quantitative estimate of drug-likeness (QED) is 0.721. The SMILES string of the molecule is CCC(C)c1nc(COC)c(C(=O)OC)o1. The molecule has 5 nitrogen and oxygen atoms in total. The molecule has 0 aliphatic carbocycles. The van der Waals surface area contributed by atoms with E-state index in [1.807, 2.05) is 13.8 Å². The van der Waals surface area contributed by atoms with E-state index in [1.165, 1.54) is 7.11 Å². The number of carbonyl (C=O) groups is 1. The first-order chi connectivity index (χ1) is 7.63. The molecule has 16 heavy (non-hydrogen) atoms. The monoisotopic (exact) mass is 227 g/mol. The van der Waals surface area contributed by atoms with Crippen LogP contribution in [0.4, 0.5) is 0 Å². The zero-order valence-electron chi connectivity index (χ0n) is 10.1. The van der Waals surface area contributed by atoms with Gasteiger partial charge in [-0.15, -0.1) is 0 Å². The zero-order chi connectivity index (χ0) is 12.1. The average Bonchev–Trinajstić information content (AvgIpc) is 2.71. The van der Waals surface area contributed by atoms with Gasteiger partial charge in [-0.05, 0) is 6.42 Å². The van der Waals surface area contributed by atoms with Crippen LogP contribution < -0.4 is 0 Å². The Hall–Kier alpha value is -1.36. The second-order valence-electron chi connectivity index (χ2n) is 3.56. The summed E-state index contributed by atoms with van der Waals surface area (Å²) in [5.41, 5.74) is 0.490. The van der Waals surface area contributed by atoms with E-state index < -0.39 is 5.97 Å². The van der Waals surface area contributed by atoms with Gasteiger partial charge in [-0.3, -0.25) is 0 Å². The summed E-state index contributed by atoms with van der Waals surface area (Å²) in [4.78, 5) is 15.7. The molecule has 1 atom stereocenters. The number of aromatic nitrogens is 1. The fourth-order valence-electron chi connectivity index (χ4n) is 1.24. The van der Waals surface area contributed by atoms with Crippen LogP contribution in [0.5, 0.6) is 0 Å². The van der Waals surface area contributed by atoms with Crippen LogP contribution in [0.15, 0.2) is 4.42 Å². The molecule has 1 aromatic heterocycles. The van der Waals surface area contributed by atoms with E-state index in [2.05, 4.69) is 9.72 Å². The molecule has 0 spiro atoms. The minimum absolute atomic E-state index is 0.139. The number of ether oxygens (including phenoxy) is 2. The molecule has 0 aliphatic heterocycles. The van der Waals surface area contributed by atoms with Gasteiger partial charge >= 0.3 is 5.97 Å². The second-order valence-corrected chi connectivity index (χ2v) is 3.56. The highest BCUT2D eigenvalue weighted by Crippen LogP contribution is 2.22. The highest BCUT2D eigenvalue weighted by atomic mass is 16.5. The number of carbonyl (C=O) groups excluding carboxylic acids is 1. The number of nitrogens with zero attached hydrogens (tertiary/aromatic N) is 1. The molecule has 1 aromatic rings. The minimum atomic E-state index is -0.519. The molecular formula is C11H17NO4. The normalized spacial score (nSPS) is 12.5. The zero-order valence-corrected chi connectivity index (χ0v) is 10.1. The molecule has 0 aliphatic rings. The van der Waals surface area contributed by atoms with Crippen LogP contribution in [0.1, 0.15) is 48.3 Å². The van der Waals surface area contributed by atoms with Crippen molar-refractivity contribution in [1.82, 2.24) is 4.98 Å². The fourth-order valence-corrected chi connectivity index (χ4v) is 1.24. The molecule has 0 N–H and O–H groups in total. The van der Waals surface area contributed by atoms with Crippen molar-refractivity contribution in [3.8, 4) is 0 Å². The number of esters is 1. The maximum Gasteiger partial charge on any atom is 0.376 e. The van der Waals surface area contributed by atoms with Gasteiger partial charge in [0, 0.05) is 13.0 Å². The van der Waals surface area contributed by atoms with Crippen LogP contribution in [-0.4, -0.2) is 25.2 Å². The van der Waals surface area contributed by atoms with Crippen LogP contribution >= 0.6 is 0 Å². The number of hydrogen-bond acceptors (Lipinski definition) is 5. The van der Waals surface area contributed by atoms with Crippen LogP contribution in [0.25, 0.3) is 0 Å². The molecule has 1 rings (SSSR count). The standard InChI is InChI=1S/C11H17NO4/c1-5-7(2)10-12-8(6-14-3)9(16-10)11(13)15-4/h7H,5-6H2,1-4H3. The van der Waals surface area contributed by atoms with Crippen molar-refractivity contribution in [1.29, 1.82) is 0 Å². The lowest BCUT2D eigenvalue weighted by Crippen LogP contribution is -2.04. The van der Waals surface area contributed by atoms with Gasteiger partial charge in [0.2, 0.25) is 5.76 Å². The van der Waals surface area contributed by atoms with Crippen molar-refractivity contribution >= 4 is 5.97 Å². The Labute approximate surface area is 94.8 Å². The Kier molecular flexibility index (Phi) is 4.49. The molecule has 0 saturated heterocycles. The summed E-state index contributed by atoms with van der Waals surface area (Å²) in [7, 11) is 2.85. The second kappa shape index (κ2) is 5.65. The highest BCUT2D eigenvalue weighted by Gasteiger charge is 2.22. The summed E-state index contributed by atoms with van der Waals surface area (Å²) >= 11 is 0. The lowest BCUT2D eigenvalue weighted by atomic mass is 10.1. The van der Waals surface area contributed by atoms with E-state index >= 15 is 0 Å². The predicted molar refractivity (Wildman–Crippen MR) is 57.3 cm³/mol. The largest absolute Gasteiger partial charge is 0.463 e. The van der Waals surface area contributed by atoms with Gasteiger partial charge in [0.05, 0.1) is 13.7 Å². The average molecular weight is 227 g/mol. The van der Waals surface area contributed by atoms with Gasteiger partial charge in [-0.1, -0.05) is 13.8 Å². The summed E-state index contributed by atoms with van der Waals surface area (Å²) in [6.07, 6.45) is 0.896. The third-order valence-electron chi connectivity index (χ3n) is 2.40. The van der Waals surface area contributed by atoms with Crippen molar-refractivity contribution in [2.24, 2.45) is 0 Å². The highest BCUT2D eigenvalue weighted by molar-refractivity contribution is 5.87. The molecule has 1 heterocycles. The number of rotatable bonds is 5. The Morgan fingerprint density at radius 1 is 1.50 bits per heavy atom. The van der Waals surface area contributed by atoms with Crippen molar-refractivity contribution in [3.05, 3.63) is 17.3 Å². The van der Waals surface area contributed by atoms with E-state index in [-0.39, 0.29) is 18.3 Å². The summed E-state index contributed by atoms with van der Waals surface area (Å²) in [5.74, 6) is 0.345. The Morgan fingerprint density at radius 3 is 2.69 bits per heavy atom. The van der Waals surface area contributed by atoms with Gasteiger partial charge in [-0.2, -0.15) is 0 Å². The number of methoxy groups -OCH3 is 2. The molecule has 90 valence electrons. The Morgan fingerprint density at radius 2 is 2.19 bits per heavy atom. The first kappa shape index (κ1) is 12.7. The van der Waals surface area contributed by atoms with Gasteiger partial charge in [0.15, 0.2) is 5.89 Å². The van der Waals surface area contributed by atoms with Crippen LogP contribution in [0.2, 0.25) is 0 Å². The van der Waals surface area contributed by atoms with Crippen LogP contribution in [-0.2, 0) is 16.1 Å². The number of hydrogen-bond donors (Lipinski definition) is 0. The van der Waals surface area contributed by atoms with Crippen molar-refractivity contribution in [3.63, 3.8) is 0 Å². The van der Waals surface area contributed by atoms with Gasteiger partial charge < -0.3 is 13.9 Å². The number of oxazole rings is 1. The maximum atomic E-state index is 11.4. The molecule has 0 fully saturated rings. The molecule has 5 heteroatoms. The molecule has 0 aromatic carbocycles. The lowest BCUT2D eigenvalue weighted by molar-refractivity contribution is 0.0556. The van der Waals surface area contributed by atoms with E-state index in [0.29, 0.717) is 11.6 Å². The Bertz CT molecular complexity index is 359.